The van der Waals surface area contributed by atoms with E-state index in [0.29, 0.717) is 29.7 Å². The first-order valence-electron chi connectivity index (χ1n) is 11.6. The van der Waals surface area contributed by atoms with Gasteiger partial charge in [-0.25, -0.2) is 0 Å². The Hall–Kier alpha value is -3.28. The summed E-state index contributed by atoms with van der Waals surface area (Å²) in [4.78, 5) is 15.9. The largest absolute Gasteiger partial charge is 0.354 e. The maximum Gasteiger partial charge on any atom is 0.297 e. The smallest absolute Gasteiger partial charge is 0.297 e. The average molecular weight is 500 g/mol. The minimum atomic E-state index is -3.85. The third kappa shape index (κ3) is 7.61. The van der Waals surface area contributed by atoms with E-state index >= 15 is 0 Å². The van der Waals surface area contributed by atoms with E-state index in [1.54, 1.807) is 19.1 Å². The second kappa shape index (κ2) is 12.4. The van der Waals surface area contributed by atoms with E-state index in [2.05, 4.69) is 53.8 Å². The van der Waals surface area contributed by atoms with Crippen molar-refractivity contribution in [3.8, 4) is 0 Å². The highest BCUT2D eigenvalue weighted by Gasteiger charge is 2.17. The number of anilines is 5. The SMILES string of the molecule is CCN(CC)CCCNc1nc(Nc2ccccc2)nc(Nc2ccc(C)c(S(=O)(=O)OC)c2)n1. The fourth-order valence-electron chi connectivity index (χ4n) is 3.43. The van der Waals surface area contributed by atoms with Crippen LogP contribution >= 0.6 is 0 Å². The molecule has 0 amide bonds. The summed E-state index contributed by atoms with van der Waals surface area (Å²) in [7, 11) is -2.71. The van der Waals surface area contributed by atoms with Crippen LogP contribution in [0.25, 0.3) is 0 Å². The van der Waals surface area contributed by atoms with Gasteiger partial charge in [-0.3, -0.25) is 4.18 Å². The maximum absolute atomic E-state index is 12.3. The fraction of sp³-hybridized carbons (Fsp3) is 0.375. The Balaban J connectivity index is 1.83. The molecule has 0 aliphatic heterocycles. The quantitative estimate of drug-likeness (QED) is 0.234. The van der Waals surface area contributed by atoms with Gasteiger partial charge in [0.25, 0.3) is 10.1 Å². The first kappa shape index (κ1) is 26.3. The van der Waals surface area contributed by atoms with Crippen LogP contribution in [0.15, 0.2) is 53.4 Å². The molecule has 0 fully saturated rings. The van der Waals surface area contributed by atoms with E-state index in [9.17, 15) is 8.42 Å². The van der Waals surface area contributed by atoms with E-state index in [1.165, 1.54) is 6.07 Å². The zero-order valence-corrected chi connectivity index (χ0v) is 21.4. The van der Waals surface area contributed by atoms with Crippen LogP contribution in [0.2, 0.25) is 0 Å². The van der Waals surface area contributed by atoms with Gasteiger partial charge in [-0.1, -0.05) is 38.1 Å². The lowest BCUT2D eigenvalue weighted by atomic mass is 10.2. The highest BCUT2D eigenvalue weighted by molar-refractivity contribution is 7.86. The number of para-hydroxylation sites is 1. The molecule has 0 saturated carbocycles. The number of hydrogen-bond donors (Lipinski definition) is 3. The summed E-state index contributed by atoms with van der Waals surface area (Å²) in [6, 6.07) is 14.5. The lowest BCUT2D eigenvalue weighted by Gasteiger charge is -2.18. The van der Waals surface area contributed by atoms with Crippen molar-refractivity contribution in [1.29, 1.82) is 0 Å². The zero-order valence-electron chi connectivity index (χ0n) is 20.6. The molecule has 10 nitrogen and oxygen atoms in total. The van der Waals surface area contributed by atoms with Gasteiger partial charge in [-0.05, 0) is 62.8 Å². The second-order valence-corrected chi connectivity index (χ2v) is 9.51. The number of rotatable bonds is 13. The van der Waals surface area contributed by atoms with Crippen LogP contribution in [0.5, 0.6) is 0 Å². The molecule has 0 spiro atoms. The van der Waals surface area contributed by atoms with Crippen molar-refractivity contribution < 1.29 is 12.6 Å². The van der Waals surface area contributed by atoms with Gasteiger partial charge >= 0.3 is 0 Å². The van der Waals surface area contributed by atoms with Crippen LogP contribution in [-0.2, 0) is 14.3 Å². The van der Waals surface area contributed by atoms with Crippen molar-refractivity contribution in [2.45, 2.75) is 32.1 Å². The predicted octanol–water partition coefficient (Wildman–Crippen LogP) is 4.15. The lowest BCUT2D eigenvalue weighted by Crippen LogP contribution is -2.25. The first-order valence-corrected chi connectivity index (χ1v) is 13.0. The molecule has 3 N–H and O–H groups in total. The summed E-state index contributed by atoms with van der Waals surface area (Å²) >= 11 is 0. The van der Waals surface area contributed by atoms with Crippen LogP contribution in [-0.4, -0.2) is 61.6 Å². The number of benzene rings is 2. The van der Waals surface area contributed by atoms with Gasteiger partial charge in [-0.2, -0.15) is 23.4 Å². The van der Waals surface area contributed by atoms with E-state index < -0.39 is 10.1 Å². The van der Waals surface area contributed by atoms with E-state index in [0.717, 1.165) is 38.9 Å². The molecular weight excluding hydrogens is 466 g/mol. The van der Waals surface area contributed by atoms with Crippen LogP contribution < -0.4 is 16.0 Å². The average Bonchev–Trinajstić information content (AvgIpc) is 2.86. The molecule has 0 bridgehead atoms. The van der Waals surface area contributed by atoms with Crippen LogP contribution in [0.4, 0.5) is 29.2 Å². The minimum absolute atomic E-state index is 0.0800. The Morgan fingerprint density at radius 3 is 2.14 bits per heavy atom. The third-order valence-corrected chi connectivity index (χ3v) is 6.84. The summed E-state index contributed by atoms with van der Waals surface area (Å²) in [6.45, 7) is 9.71. The van der Waals surface area contributed by atoms with Crippen LogP contribution in [0, 0.1) is 6.92 Å². The van der Waals surface area contributed by atoms with Crippen molar-refractivity contribution in [2.24, 2.45) is 0 Å². The van der Waals surface area contributed by atoms with Crippen LogP contribution in [0.1, 0.15) is 25.8 Å². The highest BCUT2D eigenvalue weighted by atomic mass is 32.2. The number of hydrogen-bond acceptors (Lipinski definition) is 10. The van der Waals surface area contributed by atoms with Crippen molar-refractivity contribution >= 4 is 39.3 Å². The van der Waals surface area contributed by atoms with Gasteiger partial charge in [0.1, 0.15) is 0 Å². The summed E-state index contributed by atoms with van der Waals surface area (Å²) in [5.41, 5.74) is 1.92. The second-order valence-electron chi connectivity index (χ2n) is 7.83. The Labute approximate surface area is 207 Å². The molecule has 3 aromatic rings. The molecule has 35 heavy (non-hydrogen) atoms. The molecule has 0 atom stereocenters. The molecule has 2 aromatic carbocycles. The first-order chi connectivity index (χ1) is 16.8. The normalized spacial score (nSPS) is 11.5. The molecular formula is C24H33N7O3S. The van der Waals surface area contributed by atoms with Crippen molar-refractivity contribution in [3.63, 3.8) is 0 Å². The fourth-order valence-corrected chi connectivity index (χ4v) is 4.34. The summed E-state index contributed by atoms with van der Waals surface area (Å²) in [6.07, 6.45) is 0.938. The van der Waals surface area contributed by atoms with E-state index in [4.69, 9.17) is 0 Å². The van der Waals surface area contributed by atoms with Gasteiger partial charge in [0.15, 0.2) is 0 Å². The van der Waals surface area contributed by atoms with Crippen LogP contribution in [0.3, 0.4) is 0 Å². The summed E-state index contributed by atoms with van der Waals surface area (Å²) in [5, 5.41) is 9.55. The highest BCUT2D eigenvalue weighted by Crippen LogP contribution is 2.24. The topological polar surface area (TPSA) is 121 Å². The summed E-state index contributed by atoms with van der Waals surface area (Å²) < 4.78 is 29.2. The monoisotopic (exact) mass is 499 g/mol. The predicted molar refractivity (Wildman–Crippen MR) is 139 cm³/mol. The molecule has 3 rings (SSSR count). The Morgan fingerprint density at radius 2 is 1.51 bits per heavy atom. The number of nitrogens with one attached hydrogen (secondary N) is 3. The molecule has 0 aliphatic carbocycles. The maximum atomic E-state index is 12.3. The molecule has 11 heteroatoms. The van der Waals surface area contributed by atoms with Gasteiger partial charge in [0.05, 0.1) is 12.0 Å². The summed E-state index contributed by atoms with van der Waals surface area (Å²) in [5.74, 6) is 1.04. The minimum Gasteiger partial charge on any atom is -0.354 e. The third-order valence-electron chi connectivity index (χ3n) is 5.43. The molecule has 0 unspecified atom stereocenters. The Morgan fingerprint density at radius 1 is 0.886 bits per heavy atom. The van der Waals surface area contributed by atoms with Crippen molar-refractivity contribution in [3.05, 3.63) is 54.1 Å². The molecule has 0 radical (unpaired) electrons. The molecule has 188 valence electrons. The standard InChI is InChI=1S/C24H33N7O3S/c1-5-31(6-2)16-10-15-25-22-28-23(26-19-11-8-7-9-12-19)30-24(29-22)27-20-14-13-18(3)21(17-20)35(32,33)34-4/h7-9,11-14,17H,5-6,10,15-16H2,1-4H3,(H3,25,26,27,28,29,30). The Bertz CT molecular complexity index is 1200. The molecule has 0 saturated heterocycles. The Kier molecular flexibility index (Phi) is 9.35. The van der Waals surface area contributed by atoms with Gasteiger partial charge < -0.3 is 20.9 Å². The molecule has 1 aromatic heterocycles. The number of nitrogens with zero attached hydrogens (tertiary/aromatic N) is 4. The van der Waals surface area contributed by atoms with Crippen molar-refractivity contribution in [2.75, 3.05) is 49.2 Å². The molecule has 0 aliphatic rings. The van der Waals surface area contributed by atoms with E-state index in [1.807, 2.05) is 30.3 Å². The van der Waals surface area contributed by atoms with Crippen molar-refractivity contribution in [1.82, 2.24) is 19.9 Å². The molecule has 1 heterocycles. The van der Waals surface area contributed by atoms with Gasteiger partial charge in [-0.15, -0.1) is 0 Å². The van der Waals surface area contributed by atoms with Gasteiger partial charge in [0.2, 0.25) is 17.8 Å². The number of aromatic nitrogens is 3. The zero-order chi connectivity index (χ0) is 25.3. The lowest BCUT2D eigenvalue weighted by molar-refractivity contribution is 0.303. The van der Waals surface area contributed by atoms with Gasteiger partial charge in [0, 0.05) is 17.9 Å². The van der Waals surface area contributed by atoms with E-state index in [-0.39, 0.29) is 10.8 Å². The number of aryl methyl sites for hydroxylation is 1.